The van der Waals surface area contributed by atoms with E-state index in [4.69, 9.17) is 0 Å². The van der Waals surface area contributed by atoms with E-state index in [1.807, 2.05) is 0 Å². The topological polar surface area (TPSA) is 451 Å². The zero-order chi connectivity index (χ0) is 57.6. The monoisotopic (exact) mass is 1130 g/mol. The number of aliphatic carboxylic acids is 10. The molecule has 2 atom stereocenters. The van der Waals surface area contributed by atoms with Crippen LogP contribution < -0.4 is 10.6 Å². The minimum Gasteiger partial charge on any atom is -0.480 e. The van der Waals surface area contributed by atoms with Crippen LogP contribution in [0.4, 0.5) is 0 Å². The van der Waals surface area contributed by atoms with E-state index in [0.29, 0.717) is 50.0 Å². The SMILES string of the molecule is O=C(O)CN(CCN(CCN(CC(=O)O)CC(=O)O)C(CCCCNC(=O)CCCSSCCCC(=O)NCCCCC(C(=O)O)N(CCN(CC(=O)O)CC(=O)O)CCN(CC(=O)O)CC(=O)O)C(=O)O)CC(=O)O. The van der Waals surface area contributed by atoms with Gasteiger partial charge in [0.1, 0.15) is 12.1 Å². The summed E-state index contributed by atoms with van der Waals surface area (Å²) in [6.45, 7) is -5.95. The van der Waals surface area contributed by atoms with Gasteiger partial charge in [0.25, 0.3) is 0 Å². The number of carbonyl (C=O) groups excluding carboxylic acids is 2. The van der Waals surface area contributed by atoms with Crippen LogP contribution in [-0.4, -0.2) is 293 Å². The first-order chi connectivity index (χ1) is 35.8. The van der Waals surface area contributed by atoms with E-state index in [2.05, 4.69) is 10.6 Å². The van der Waals surface area contributed by atoms with Gasteiger partial charge in [-0.05, 0) is 51.4 Å². The zero-order valence-electron chi connectivity index (χ0n) is 42.2. The predicted molar refractivity (Wildman–Crippen MR) is 270 cm³/mol. The van der Waals surface area contributed by atoms with Crippen molar-refractivity contribution in [3.05, 3.63) is 0 Å². The number of nitrogens with zero attached hydrogens (tertiary/aromatic N) is 6. The number of amides is 2. The van der Waals surface area contributed by atoms with Crippen LogP contribution in [0.2, 0.25) is 0 Å². The highest BCUT2D eigenvalue weighted by Crippen LogP contribution is 2.23. The summed E-state index contributed by atoms with van der Waals surface area (Å²) in [7, 11) is 3.04. The standard InChI is InChI=1S/C44H74N8O22S2/c53-33(45-11-3-1-7-31(43(71)72)51(17-13-47(23-35(55)56)24-36(57)58)18-14-48(25-37(59)60)26-38(61)62)9-5-21-75-76-22-6-10-34(54)46-12-4-2-8-32(44(73)74)52(19-15-49(27-39(63)64)28-40(65)66)20-16-50(29-41(67)68)30-42(69)70/h31-32H,1-30H2,(H,45,53)(H,46,54)(H,55,56)(H,57,58)(H,59,60)(H,61,62)(H,63,64)(H,65,66)(H,67,68)(H,69,70)(H,71,72)(H,73,74). The Hall–Kier alpha value is -5.90. The van der Waals surface area contributed by atoms with Crippen molar-refractivity contribution in [3.8, 4) is 0 Å². The van der Waals surface area contributed by atoms with E-state index < -0.39 is 124 Å². The van der Waals surface area contributed by atoms with Gasteiger partial charge in [-0.3, -0.25) is 86.9 Å². The second-order valence-corrected chi connectivity index (χ2v) is 20.0. The van der Waals surface area contributed by atoms with Crippen molar-refractivity contribution in [1.29, 1.82) is 0 Å². The molecule has 0 radical (unpaired) electrons. The smallest absolute Gasteiger partial charge is 0.320 e. The van der Waals surface area contributed by atoms with E-state index in [0.717, 1.165) is 19.6 Å². The fourth-order valence-electron chi connectivity index (χ4n) is 7.50. The Balaban J connectivity index is 4.90. The van der Waals surface area contributed by atoms with Crippen LogP contribution >= 0.6 is 21.6 Å². The molecule has 0 bridgehead atoms. The number of carbonyl (C=O) groups is 12. The first-order valence-corrected chi connectivity index (χ1v) is 26.6. The molecule has 434 valence electrons. The quantitative estimate of drug-likeness (QED) is 0.0229. The number of nitrogens with one attached hydrogen (secondary N) is 2. The van der Waals surface area contributed by atoms with Crippen molar-refractivity contribution in [2.24, 2.45) is 0 Å². The molecular formula is C44H74N8O22S2. The summed E-state index contributed by atoms with van der Waals surface area (Å²) in [5.74, 6) is -12.2. The number of unbranched alkanes of at least 4 members (excludes halogenated alkanes) is 2. The summed E-state index contributed by atoms with van der Waals surface area (Å²) in [5.41, 5.74) is 0. The van der Waals surface area contributed by atoms with Crippen LogP contribution in [0.1, 0.15) is 64.2 Å². The Morgan fingerprint density at radius 2 is 0.566 bits per heavy atom. The summed E-state index contributed by atoms with van der Waals surface area (Å²) in [4.78, 5) is 147. The van der Waals surface area contributed by atoms with E-state index in [1.165, 1.54) is 31.4 Å². The molecule has 30 nitrogen and oxygen atoms in total. The third-order valence-corrected chi connectivity index (χ3v) is 13.5. The average molecular weight is 1130 g/mol. The molecule has 0 aromatic carbocycles. The maximum absolute atomic E-state index is 12.5. The van der Waals surface area contributed by atoms with Crippen molar-refractivity contribution < 1.29 is 109 Å². The van der Waals surface area contributed by atoms with Crippen molar-refractivity contribution in [2.45, 2.75) is 76.3 Å². The molecule has 76 heavy (non-hydrogen) atoms. The lowest BCUT2D eigenvalue weighted by atomic mass is 10.1. The van der Waals surface area contributed by atoms with Crippen molar-refractivity contribution >= 4 is 93.1 Å². The minimum atomic E-state index is -1.31. The third-order valence-electron chi connectivity index (χ3n) is 10.9. The molecule has 0 fully saturated rings. The molecule has 0 heterocycles. The zero-order valence-corrected chi connectivity index (χ0v) is 43.9. The summed E-state index contributed by atoms with van der Waals surface area (Å²) < 4.78 is 0. The number of hydrogen-bond donors (Lipinski definition) is 12. The fourth-order valence-corrected chi connectivity index (χ4v) is 9.67. The molecular weight excluding hydrogens is 1060 g/mol. The van der Waals surface area contributed by atoms with Gasteiger partial charge in [0.2, 0.25) is 11.8 Å². The van der Waals surface area contributed by atoms with Crippen LogP contribution in [0.15, 0.2) is 0 Å². The van der Waals surface area contributed by atoms with Gasteiger partial charge in [-0.25, -0.2) is 0 Å². The lowest BCUT2D eigenvalue weighted by molar-refractivity contribution is -0.146. The van der Waals surface area contributed by atoms with Crippen LogP contribution in [0, 0.1) is 0 Å². The molecule has 0 saturated heterocycles. The van der Waals surface area contributed by atoms with E-state index >= 15 is 0 Å². The Labute approximate surface area is 446 Å². The Kier molecular flexibility index (Phi) is 38.1. The lowest BCUT2D eigenvalue weighted by Gasteiger charge is -2.32. The normalized spacial score (nSPS) is 12.2. The number of carboxylic acid groups (broad SMARTS) is 10. The molecule has 0 aliphatic carbocycles. The van der Waals surface area contributed by atoms with E-state index in [-0.39, 0.29) is 103 Å². The Morgan fingerprint density at radius 1 is 0.329 bits per heavy atom. The maximum Gasteiger partial charge on any atom is 0.320 e. The van der Waals surface area contributed by atoms with Gasteiger partial charge < -0.3 is 61.7 Å². The molecule has 0 aliphatic rings. The first kappa shape index (κ1) is 70.1. The van der Waals surface area contributed by atoms with Crippen molar-refractivity contribution in [2.75, 3.05) is 129 Å². The van der Waals surface area contributed by atoms with Crippen LogP contribution in [0.3, 0.4) is 0 Å². The Morgan fingerprint density at radius 3 is 0.776 bits per heavy atom. The highest BCUT2D eigenvalue weighted by molar-refractivity contribution is 8.76. The Bertz CT molecular complexity index is 1610. The van der Waals surface area contributed by atoms with Gasteiger partial charge >= 0.3 is 59.7 Å². The van der Waals surface area contributed by atoms with Crippen molar-refractivity contribution in [1.82, 2.24) is 40.0 Å². The number of rotatable bonds is 51. The minimum absolute atomic E-state index is 0.0480. The molecule has 32 heteroatoms. The summed E-state index contributed by atoms with van der Waals surface area (Å²) >= 11 is 0. The number of carboxylic acids is 10. The molecule has 0 aliphatic heterocycles. The van der Waals surface area contributed by atoms with Gasteiger partial charge in [-0.2, -0.15) is 0 Å². The third kappa shape index (κ3) is 38.6. The second-order valence-electron chi connectivity index (χ2n) is 17.3. The second kappa shape index (κ2) is 41.3. The fraction of sp³-hybridized carbons (Fsp3) is 0.727. The molecule has 0 rings (SSSR count). The van der Waals surface area contributed by atoms with Gasteiger partial charge in [-0.15, -0.1) is 0 Å². The molecule has 0 aromatic rings. The summed E-state index contributed by atoms with van der Waals surface area (Å²) in [6.07, 6.45) is 3.01. The summed E-state index contributed by atoms with van der Waals surface area (Å²) in [6, 6.07) is -2.38. The predicted octanol–water partition coefficient (Wildman–Crippen LogP) is -2.10. The molecule has 0 saturated carbocycles. The maximum atomic E-state index is 12.5. The molecule has 2 amide bonds. The average Bonchev–Trinajstić information content (AvgIpc) is 3.28. The van der Waals surface area contributed by atoms with Gasteiger partial charge in [-0.1, -0.05) is 21.6 Å². The van der Waals surface area contributed by atoms with Crippen LogP contribution in [0.25, 0.3) is 0 Å². The molecule has 0 spiro atoms. The highest BCUT2D eigenvalue weighted by Gasteiger charge is 2.29. The van der Waals surface area contributed by atoms with Gasteiger partial charge in [0, 0.05) is 89.8 Å². The van der Waals surface area contributed by atoms with Gasteiger partial charge in [0.15, 0.2) is 0 Å². The van der Waals surface area contributed by atoms with Crippen LogP contribution in [0.5, 0.6) is 0 Å². The van der Waals surface area contributed by atoms with E-state index in [9.17, 15) is 109 Å². The first-order valence-electron chi connectivity index (χ1n) is 24.1. The molecule has 2 unspecified atom stereocenters. The largest absolute Gasteiger partial charge is 0.480 e. The summed E-state index contributed by atoms with van der Waals surface area (Å²) in [5, 5.41) is 99.5. The van der Waals surface area contributed by atoms with Crippen molar-refractivity contribution in [3.63, 3.8) is 0 Å². The number of hydrogen-bond acceptors (Lipinski definition) is 20. The van der Waals surface area contributed by atoms with Gasteiger partial charge in [0.05, 0.1) is 52.4 Å². The molecule has 0 aromatic heterocycles. The van der Waals surface area contributed by atoms with E-state index in [1.54, 1.807) is 0 Å². The van der Waals surface area contributed by atoms with Crippen LogP contribution in [-0.2, 0) is 57.5 Å². The lowest BCUT2D eigenvalue weighted by Crippen LogP contribution is -2.50. The highest BCUT2D eigenvalue weighted by atomic mass is 33.1. The molecule has 12 N–H and O–H groups in total.